The predicted molar refractivity (Wildman–Crippen MR) is 54.7 cm³/mol. The lowest BCUT2D eigenvalue weighted by molar-refractivity contribution is -0.140. The van der Waals surface area contributed by atoms with Crippen molar-refractivity contribution in [3.63, 3.8) is 0 Å². The van der Waals surface area contributed by atoms with Gasteiger partial charge in [-0.1, -0.05) is 32.4 Å². The van der Waals surface area contributed by atoms with Gasteiger partial charge in [0, 0.05) is 0 Å². The molecule has 0 saturated carbocycles. The van der Waals surface area contributed by atoms with Crippen LogP contribution in [0.2, 0.25) is 0 Å². The first-order chi connectivity index (χ1) is 7.38. The number of benzene rings is 1. The fourth-order valence-electron chi connectivity index (χ4n) is 1.74. The van der Waals surface area contributed by atoms with Crippen LogP contribution in [0.4, 0.5) is 17.6 Å². The van der Waals surface area contributed by atoms with Crippen molar-refractivity contribution < 1.29 is 17.6 Å². The maximum Gasteiger partial charge on any atom is 0.419 e. The molecular weight excluding hydrogens is 220 g/mol. The van der Waals surface area contributed by atoms with Crippen molar-refractivity contribution in [3.8, 4) is 0 Å². The van der Waals surface area contributed by atoms with Crippen molar-refractivity contribution in [2.24, 2.45) is 0 Å². The Morgan fingerprint density at radius 2 is 1.88 bits per heavy atom. The number of hydrogen-bond acceptors (Lipinski definition) is 0. The van der Waals surface area contributed by atoms with Crippen molar-refractivity contribution >= 4 is 0 Å². The molecule has 0 fully saturated rings. The van der Waals surface area contributed by atoms with Crippen LogP contribution in [0.15, 0.2) is 18.2 Å². The molecule has 0 aromatic heterocycles. The summed E-state index contributed by atoms with van der Waals surface area (Å²) in [5.74, 6) is -1.32. The average molecular weight is 234 g/mol. The minimum atomic E-state index is -4.62. The summed E-state index contributed by atoms with van der Waals surface area (Å²) in [6.07, 6.45) is -3.12. The summed E-state index contributed by atoms with van der Waals surface area (Å²) in [5.41, 5.74) is -1.02. The van der Waals surface area contributed by atoms with Gasteiger partial charge in [-0.3, -0.25) is 0 Å². The van der Waals surface area contributed by atoms with E-state index in [0.717, 1.165) is 12.5 Å². The zero-order chi connectivity index (χ0) is 12.3. The molecule has 1 unspecified atom stereocenters. The molecule has 0 aliphatic rings. The molecule has 1 aromatic carbocycles. The maximum atomic E-state index is 13.6. The molecule has 1 rings (SSSR count). The summed E-state index contributed by atoms with van der Waals surface area (Å²) in [6.45, 7) is 3.66. The molecule has 0 N–H and O–H groups in total. The van der Waals surface area contributed by atoms with Crippen molar-refractivity contribution in [3.05, 3.63) is 35.1 Å². The van der Waals surface area contributed by atoms with Crippen LogP contribution in [0.1, 0.15) is 43.7 Å². The van der Waals surface area contributed by atoms with E-state index in [4.69, 9.17) is 0 Å². The van der Waals surface area contributed by atoms with Gasteiger partial charge in [-0.2, -0.15) is 13.2 Å². The Morgan fingerprint density at radius 3 is 2.38 bits per heavy atom. The smallest absolute Gasteiger partial charge is 0.206 e. The first-order valence-corrected chi connectivity index (χ1v) is 5.23. The van der Waals surface area contributed by atoms with Crippen LogP contribution in [0.3, 0.4) is 0 Å². The largest absolute Gasteiger partial charge is 0.419 e. The molecule has 0 aliphatic heterocycles. The molecule has 0 bridgehead atoms. The fraction of sp³-hybridized carbons (Fsp3) is 0.500. The van der Waals surface area contributed by atoms with Crippen molar-refractivity contribution in [2.75, 3.05) is 0 Å². The van der Waals surface area contributed by atoms with Gasteiger partial charge in [0.15, 0.2) is 0 Å². The molecule has 0 spiro atoms. The van der Waals surface area contributed by atoms with Crippen LogP contribution in [0, 0.1) is 5.82 Å². The molecule has 0 aliphatic carbocycles. The highest BCUT2D eigenvalue weighted by molar-refractivity contribution is 5.30. The molecular formula is C12H14F4. The summed E-state index contributed by atoms with van der Waals surface area (Å²) in [7, 11) is 0. The van der Waals surface area contributed by atoms with Crippen LogP contribution in [0.25, 0.3) is 0 Å². The molecule has 0 radical (unpaired) electrons. The van der Waals surface area contributed by atoms with E-state index in [1.165, 1.54) is 12.1 Å². The molecule has 1 aromatic rings. The monoisotopic (exact) mass is 234 g/mol. The van der Waals surface area contributed by atoms with Gasteiger partial charge in [-0.05, 0) is 24.0 Å². The summed E-state index contributed by atoms with van der Waals surface area (Å²) >= 11 is 0. The zero-order valence-electron chi connectivity index (χ0n) is 9.24. The third-order valence-electron chi connectivity index (χ3n) is 2.59. The topological polar surface area (TPSA) is 0 Å². The number of hydrogen-bond donors (Lipinski definition) is 0. The third kappa shape index (κ3) is 2.74. The Kier molecular flexibility index (Phi) is 3.94. The highest BCUT2D eigenvalue weighted by Crippen LogP contribution is 2.35. The van der Waals surface area contributed by atoms with Gasteiger partial charge < -0.3 is 0 Å². The van der Waals surface area contributed by atoms with E-state index < -0.39 is 17.6 Å². The van der Waals surface area contributed by atoms with E-state index in [-0.39, 0.29) is 11.5 Å². The summed E-state index contributed by atoms with van der Waals surface area (Å²) in [5, 5.41) is 0. The van der Waals surface area contributed by atoms with E-state index in [0.29, 0.717) is 6.42 Å². The van der Waals surface area contributed by atoms with Gasteiger partial charge in [0.2, 0.25) is 0 Å². The number of halogens is 4. The van der Waals surface area contributed by atoms with E-state index in [1.54, 1.807) is 6.92 Å². The lowest BCUT2D eigenvalue weighted by Gasteiger charge is -2.15. The Hall–Kier alpha value is -1.06. The SMILES string of the molecule is CCCC(C)c1cccc(C(F)(F)F)c1F. The van der Waals surface area contributed by atoms with E-state index in [2.05, 4.69) is 0 Å². The van der Waals surface area contributed by atoms with Gasteiger partial charge in [0.1, 0.15) is 5.82 Å². The molecule has 1 atom stereocenters. The summed E-state index contributed by atoms with van der Waals surface area (Å²) in [6, 6.07) is 3.45. The van der Waals surface area contributed by atoms with Crippen molar-refractivity contribution in [2.45, 2.75) is 38.8 Å². The van der Waals surface area contributed by atoms with E-state index in [9.17, 15) is 17.6 Å². The Labute approximate surface area is 92.3 Å². The molecule has 16 heavy (non-hydrogen) atoms. The maximum absolute atomic E-state index is 13.6. The Balaban J connectivity index is 3.14. The first kappa shape index (κ1) is 13.0. The standard InChI is InChI=1S/C12H14F4/c1-3-5-8(2)9-6-4-7-10(11(9)13)12(14,15)16/h4,6-8H,3,5H2,1-2H3. The molecule has 4 heteroatoms. The van der Waals surface area contributed by atoms with Crippen LogP contribution >= 0.6 is 0 Å². The van der Waals surface area contributed by atoms with Crippen molar-refractivity contribution in [1.29, 1.82) is 0 Å². The molecule has 0 saturated heterocycles. The van der Waals surface area contributed by atoms with Crippen LogP contribution in [-0.4, -0.2) is 0 Å². The second-order valence-corrected chi connectivity index (χ2v) is 3.90. The zero-order valence-corrected chi connectivity index (χ0v) is 9.24. The van der Waals surface area contributed by atoms with Gasteiger partial charge >= 0.3 is 6.18 Å². The summed E-state index contributed by atoms with van der Waals surface area (Å²) < 4.78 is 50.9. The quantitative estimate of drug-likeness (QED) is 0.662. The van der Waals surface area contributed by atoms with E-state index >= 15 is 0 Å². The molecule has 0 nitrogen and oxygen atoms in total. The van der Waals surface area contributed by atoms with Gasteiger partial charge in [0.05, 0.1) is 5.56 Å². The second-order valence-electron chi connectivity index (χ2n) is 3.90. The van der Waals surface area contributed by atoms with Gasteiger partial charge in [-0.25, -0.2) is 4.39 Å². The Bertz CT molecular complexity index is 355. The molecule has 90 valence electrons. The molecule has 0 heterocycles. The first-order valence-electron chi connectivity index (χ1n) is 5.23. The summed E-state index contributed by atoms with van der Waals surface area (Å²) in [4.78, 5) is 0. The normalized spacial score (nSPS) is 13.9. The fourth-order valence-corrected chi connectivity index (χ4v) is 1.74. The van der Waals surface area contributed by atoms with E-state index in [1.807, 2.05) is 6.92 Å². The highest BCUT2D eigenvalue weighted by Gasteiger charge is 2.35. The average Bonchev–Trinajstić information content (AvgIpc) is 2.16. The third-order valence-corrected chi connectivity index (χ3v) is 2.59. The Morgan fingerprint density at radius 1 is 1.25 bits per heavy atom. The number of alkyl halides is 3. The van der Waals surface area contributed by atoms with Crippen LogP contribution < -0.4 is 0 Å². The van der Waals surface area contributed by atoms with Gasteiger partial charge in [-0.15, -0.1) is 0 Å². The van der Waals surface area contributed by atoms with Crippen LogP contribution in [-0.2, 0) is 6.18 Å². The lowest BCUT2D eigenvalue weighted by Crippen LogP contribution is -2.11. The minimum Gasteiger partial charge on any atom is -0.206 e. The predicted octanol–water partition coefficient (Wildman–Crippen LogP) is 4.75. The highest BCUT2D eigenvalue weighted by atomic mass is 19.4. The van der Waals surface area contributed by atoms with Crippen LogP contribution in [0.5, 0.6) is 0 Å². The van der Waals surface area contributed by atoms with Gasteiger partial charge in [0.25, 0.3) is 0 Å². The second kappa shape index (κ2) is 4.85. The number of rotatable bonds is 3. The minimum absolute atomic E-state index is 0.150. The van der Waals surface area contributed by atoms with Crippen molar-refractivity contribution in [1.82, 2.24) is 0 Å². The molecule has 0 amide bonds. The lowest BCUT2D eigenvalue weighted by atomic mass is 9.94.